The van der Waals surface area contributed by atoms with Crippen LogP contribution in [0, 0.1) is 11.8 Å². The van der Waals surface area contributed by atoms with Crippen molar-refractivity contribution in [3.8, 4) is 11.8 Å². The first-order valence-electron chi connectivity index (χ1n) is 8.12. The minimum Gasteiger partial charge on any atom is -0.481 e. The van der Waals surface area contributed by atoms with Crippen LogP contribution in [0.4, 0.5) is 0 Å². The van der Waals surface area contributed by atoms with Crippen LogP contribution in [0.25, 0.3) is 0 Å². The van der Waals surface area contributed by atoms with Gasteiger partial charge >= 0.3 is 5.97 Å². The fraction of sp³-hybridized carbons (Fsp3) is 0.722. The van der Waals surface area contributed by atoms with Crippen molar-refractivity contribution in [1.29, 1.82) is 0 Å². The predicted molar refractivity (Wildman–Crippen MR) is 85.6 cm³/mol. The molecule has 0 bridgehead atoms. The number of hydrogen-bond donors (Lipinski definition) is 1. The van der Waals surface area contributed by atoms with Gasteiger partial charge in [-0.2, -0.15) is 0 Å². The predicted octanol–water partition coefficient (Wildman–Crippen LogP) is 5.33. The lowest BCUT2D eigenvalue weighted by atomic mass is 10.1. The van der Waals surface area contributed by atoms with Crippen molar-refractivity contribution in [1.82, 2.24) is 0 Å². The third-order valence-corrected chi connectivity index (χ3v) is 3.22. The summed E-state index contributed by atoms with van der Waals surface area (Å²) in [6.07, 6.45) is 17.1. The molecular formula is C18H30O2. The van der Waals surface area contributed by atoms with Gasteiger partial charge in [-0.15, -0.1) is 0 Å². The molecule has 2 heteroatoms. The van der Waals surface area contributed by atoms with Gasteiger partial charge in [-0.1, -0.05) is 63.4 Å². The molecule has 0 aromatic carbocycles. The van der Waals surface area contributed by atoms with Gasteiger partial charge in [0.1, 0.15) is 0 Å². The van der Waals surface area contributed by atoms with Crippen LogP contribution in [0.2, 0.25) is 0 Å². The number of rotatable bonds is 12. The van der Waals surface area contributed by atoms with Gasteiger partial charge in [-0.3, -0.25) is 4.79 Å². The minimum atomic E-state index is -0.693. The molecule has 114 valence electrons. The highest BCUT2D eigenvalue weighted by Crippen LogP contribution is 2.06. The Labute approximate surface area is 124 Å². The molecule has 0 aromatic rings. The van der Waals surface area contributed by atoms with Crippen molar-refractivity contribution in [3.63, 3.8) is 0 Å². The van der Waals surface area contributed by atoms with Crippen LogP contribution in [-0.2, 0) is 4.79 Å². The molecule has 0 saturated carbocycles. The van der Waals surface area contributed by atoms with Gasteiger partial charge in [0.15, 0.2) is 0 Å². The maximum Gasteiger partial charge on any atom is 0.303 e. The SMILES string of the molecule is CCCCCCCCC#CC=CCCCCCC(=O)O. The van der Waals surface area contributed by atoms with E-state index in [4.69, 9.17) is 5.11 Å². The van der Waals surface area contributed by atoms with E-state index in [1.165, 1.54) is 38.5 Å². The van der Waals surface area contributed by atoms with Crippen molar-refractivity contribution in [2.24, 2.45) is 0 Å². The lowest BCUT2D eigenvalue weighted by molar-refractivity contribution is -0.137. The van der Waals surface area contributed by atoms with E-state index in [1.54, 1.807) is 0 Å². The fourth-order valence-electron chi connectivity index (χ4n) is 1.98. The summed E-state index contributed by atoms with van der Waals surface area (Å²) in [5.74, 6) is 5.56. The summed E-state index contributed by atoms with van der Waals surface area (Å²) in [5, 5.41) is 8.49. The topological polar surface area (TPSA) is 37.3 Å². The monoisotopic (exact) mass is 278 g/mol. The van der Waals surface area contributed by atoms with Crippen LogP contribution in [-0.4, -0.2) is 11.1 Å². The molecule has 20 heavy (non-hydrogen) atoms. The summed E-state index contributed by atoms with van der Waals surface area (Å²) in [4.78, 5) is 10.3. The van der Waals surface area contributed by atoms with Gasteiger partial charge in [0.25, 0.3) is 0 Å². The number of unbranched alkanes of at least 4 members (excludes halogenated alkanes) is 9. The Morgan fingerprint density at radius 1 is 1.00 bits per heavy atom. The molecule has 0 aliphatic carbocycles. The molecule has 0 heterocycles. The smallest absolute Gasteiger partial charge is 0.303 e. The number of hydrogen-bond acceptors (Lipinski definition) is 1. The number of aliphatic carboxylic acids is 1. The number of carboxylic acids is 1. The molecular weight excluding hydrogens is 248 g/mol. The second kappa shape index (κ2) is 15.8. The van der Waals surface area contributed by atoms with E-state index in [1.807, 2.05) is 6.08 Å². The number of allylic oxidation sites excluding steroid dienone is 2. The van der Waals surface area contributed by atoms with Crippen LogP contribution in [0.15, 0.2) is 12.2 Å². The summed E-state index contributed by atoms with van der Waals surface area (Å²) in [5.41, 5.74) is 0. The zero-order chi connectivity index (χ0) is 14.9. The molecule has 0 amide bonds. The van der Waals surface area contributed by atoms with Crippen LogP contribution in [0.1, 0.15) is 84.0 Å². The molecule has 0 atom stereocenters. The van der Waals surface area contributed by atoms with Crippen molar-refractivity contribution in [2.75, 3.05) is 0 Å². The second-order valence-electron chi connectivity index (χ2n) is 5.23. The maximum absolute atomic E-state index is 10.3. The summed E-state index contributed by atoms with van der Waals surface area (Å²) >= 11 is 0. The summed E-state index contributed by atoms with van der Waals surface area (Å²) < 4.78 is 0. The molecule has 0 aromatic heterocycles. The third-order valence-electron chi connectivity index (χ3n) is 3.22. The molecule has 0 saturated heterocycles. The lowest BCUT2D eigenvalue weighted by Gasteiger charge is -1.96. The summed E-state index contributed by atoms with van der Waals surface area (Å²) in [6, 6.07) is 0. The molecule has 0 spiro atoms. The van der Waals surface area contributed by atoms with Crippen molar-refractivity contribution in [3.05, 3.63) is 12.2 Å². The Balaban J connectivity index is 3.25. The molecule has 0 aliphatic heterocycles. The average molecular weight is 278 g/mol. The first kappa shape index (κ1) is 18.8. The molecule has 0 fully saturated rings. The largest absolute Gasteiger partial charge is 0.481 e. The fourth-order valence-corrected chi connectivity index (χ4v) is 1.98. The molecule has 0 unspecified atom stereocenters. The standard InChI is InChI=1S/C18H30O2/c1-2-3-4-5-6-7-8-9-10-11-12-13-14-15-16-17-18(19)20/h11-12H,2-8,13-17H2,1H3,(H,19,20). The van der Waals surface area contributed by atoms with E-state index in [-0.39, 0.29) is 0 Å². The Morgan fingerprint density at radius 2 is 1.70 bits per heavy atom. The highest BCUT2D eigenvalue weighted by molar-refractivity contribution is 5.66. The van der Waals surface area contributed by atoms with Gasteiger partial charge in [-0.25, -0.2) is 0 Å². The van der Waals surface area contributed by atoms with E-state index in [2.05, 4.69) is 24.8 Å². The number of carbonyl (C=O) groups is 1. The van der Waals surface area contributed by atoms with Crippen LogP contribution >= 0.6 is 0 Å². The first-order valence-corrected chi connectivity index (χ1v) is 8.12. The van der Waals surface area contributed by atoms with Crippen LogP contribution < -0.4 is 0 Å². The lowest BCUT2D eigenvalue weighted by Crippen LogP contribution is -1.93. The highest BCUT2D eigenvalue weighted by atomic mass is 16.4. The van der Waals surface area contributed by atoms with Crippen LogP contribution in [0.3, 0.4) is 0 Å². The van der Waals surface area contributed by atoms with Gasteiger partial charge in [-0.05, 0) is 31.8 Å². The van der Waals surface area contributed by atoms with Crippen LogP contribution in [0.5, 0.6) is 0 Å². The normalized spacial score (nSPS) is 10.4. The Bertz CT molecular complexity index is 307. The number of carboxylic acid groups (broad SMARTS) is 1. The van der Waals surface area contributed by atoms with E-state index in [0.29, 0.717) is 6.42 Å². The van der Waals surface area contributed by atoms with Gasteiger partial charge < -0.3 is 5.11 Å². The quantitative estimate of drug-likeness (QED) is 0.387. The van der Waals surface area contributed by atoms with E-state index in [0.717, 1.165) is 32.1 Å². The summed E-state index contributed by atoms with van der Waals surface area (Å²) in [7, 11) is 0. The van der Waals surface area contributed by atoms with Crippen molar-refractivity contribution in [2.45, 2.75) is 84.0 Å². The highest BCUT2D eigenvalue weighted by Gasteiger charge is 1.94. The van der Waals surface area contributed by atoms with Crippen molar-refractivity contribution < 1.29 is 9.90 Å². The van der Waals surface area contributed by atoms with E-state index >= 15 is 0 Å². The summed E-state index contributed by atoms with van der Waals surface area (Å²) in [6.45, 7) is 2.24. The molecule has 0 radical (unpaired) electrons. The molecule has 2 nitrogen and oxygen atoms in total. The van der Waals surface area contributed by atoms with Crippen molar-refractivity contribution >= 4 is 5.97 Å². The van der Waals surface area contributed by atoms with E-state index < -0.39 is 5.97 Å². The molecule has 0 aliphatic rings. The maximum atomic E-state index is 10.3. The minimum absolute atomic E-state index is 0.293. The van der Waals surface area contributed by atoms with Gasteiger partial charge in [0, 0.05) is 12.8 Å². The zero-order valence-corrected chi connectivity index (χ0v) is 13.0. The average Bonchev–Trinajstić information content (AvgIpc) is 2.43. The van der Waals surface area contributed by atoms with Gasteiger partial charge in [0.2, 0.25) is 0 Å². The Hall–Kier alpha value is -1.23. The molecule has 1 N–H and O–H groups in total. The van der Waals surface area contributed by atoms with Gasteiger partial charge in [0.05, 0.1) is 0 Å². The third kappa shape index (κ3) is 16.8. The first-order chi connectivity index (χ1) is 9.77. The molecule has 0 rings (SSSR count). The Kier molecular flexibility index (Phi) is 14.9. The van der Waals surface area contributed by atoms with E-state index in [9.17, 15) is 4.79 Å². The zero-order valence-electron chi connectivity index (χ0n) is 13.0. The second-order valence-corrected chi connectivity index (χ2v) is 5.23. The Morgan fingerprint density at radius 3 is 2.45 bits per heavy atom.